The van der Waals surface area contributed by atoms with E-state index in [9.17, 15) is 18.0 Å². The lowest BCUT2D eigenvalue weighted by Gasteiger charge is -2.15. The Kier molecular flexibility index (Phi) is 6.31. The Morgan fingerprint density at radius 3 is 2.57 bits per heavy atom. The molecule has 1 heterocycles. The molecule has 0 atom stereocenters. The number of amides is 1. The zero-order chi connectivity index (χ0) is 20.1. The molecule has 0 spiro atoms. The highest BCUT2D eigenvalue weighted by Gasteiger charge is 2.34. The second-order valence-corrected chi connectivity index (χ2v) is 7.27. The lowest BCUT2D eigenvalue weighted by molar-refractivity contribution is -0.137. The number of anilines is 1. The standard InChI is InChI=1S/C19H15ClF3N3OS/c20-14-4-2-13(3-5-14)11-28-12-18(27)25-17-7-6-15(26-9-1-8-24-26)10-16(17)19(21,22)23/h1-10H,11-12H2,(H,25,27). The molecule has 2 aromatic carbocycles. The maximum atomic E-state index is 13.4. The average Bonchev–Trinajstić information content (AvgIpc) is 3.17. The van der Waals surface area contributed by atoms with Crippen LogP contribution in [0.1, 0.15) is 11.1 Å². The van der Waals surface area contributed by atoms with Crippen LogP contribution in [0.2, 0.25) is 5.02 Å². The van der Waals surface area contributed by atoms with Crippen molar-refractivity contribution in [2.24, 2.45) is 0 Å². The third-order valence-corrected chi connectivity index (χ3v) is 5.02. The van der Waals surface area contributed by atoms with Gasteiger partial charge in [0.25, 0.3) is 0 Å². The van der Waals surface area contributed by atoms with E-state index in [-0.39, 0.29) is 17.1 Å². The summed E-state index contributed by atoms with van der Waals surface area (Å²) in [6.07, 6.45) is -1.59. The summed E-state index contributed by atoms with van der Waals surface area (Å²) in [5.74, 6) is 0.0757. The minimum atomic E-state index is -4.61. The Bertz CT molecular complexity index is 944. The molecule has 3 aromatic rings. The summed E-state index contributed by atoms with van der Waals surface area (Å²) in [5, 5.41) is 6.90. The van der Waals surface area contributed by atoms with Gasteiger partial charge in [-0.2, -0.15) is 18.3 Å². The van der Waals surface area contributed by atoms with Crippen LogP contribution in [-0.4, -0.2) is 21.4 Å². The Labute approximate surface area is 168 Å². The van der Waals surface area contributed by atoms with Crippen molar-refractivity contribution >= 4 is 35.0 Å². The van der Waals surface area contributed by atoms with Gasteiger partial charge in [-0.15, -0.1) is 11.8 Å². The Morgan fingerprint density at radius 1 is 1.18 bits per heavy atom. The van der Waals surface area contributed by atoms with Gasteiger partial charge in [-0.05, 0) is 42.0 Å². The fourth-order valence-electron chi connectivity index (χ4n) is 2.47. The molecule has 0 aliphatic heterocycles. The van der Waals surface area contributed by atoms with Crippen molar-refractivity contribution in [2.45, 2.75) is 11.9 Å². The molecule has 9 heteroatoms. The van der Waals surface area contributed by atoms with E-state index in [2.05, 4.69) is 10.4 Å². The van der Waals surface area contributed by atoms with E-state index in [4.69, 9.17) is 11.6 Å². The highest BCUT2D eigenvalue weighted by atomic mass is 35.5. The number of alkyl halides is 3. The van der Waals surface area contributed by atoms with Crippen molar-refractivity contribution in [3.63, 3.8) is 0 Å². The quantitative estimate of drug-likeness (QED) is 0.574. The average molecular weight is 426 g/mol. The van der Waals surface area contributed by atoms with E-state index in [0.717, 1.165) is 11.6 Å². The highest BCUT2D eigenvalue weighted by molar-refractivity contribution is 7.99. The minimum Gasteiger partial charge on any atom is -0.325 e. The van der Waals surface area contributed by atoms with Crippen LogP contribution in [0.3, 0.4) is 0 Å². The predicted molar refractivity (Wildman–Crippen MR) is 105 cm³/mol. The van der Waals surface area contributed by atoms with Gasteiger partial charge in [0, 0.05) is 23.2 Å². The Hall–Kier alpha value is -2.45. The van der Waals surface area contributed by atoms with E-state index in [1.165, 1.54) is 34.8 Å². The van der Waals surface area contributed by atoms with Crippen LogP contribution in [0.5, 0.6) is 0 Å². The number of nitrogens with one attached hydrogen (secondary N) is 1. The number of carbonyl (C=O) groups excluding carboxylic acids is 1. The maximum Gasteiger partial charge on any atom is 0.418 e. The summed E-state index contributed by atoms with van der Waals surface area (Å²) in [4.78, 5) is 12.1. The van der Waals surface area contributed by atoms with Crippen molar-refractivity contribution < 1.29 is 18.0 Å². The van der Waals surface area contributed by atoms with Crippen molar-refractivity contribution in [2.75, 3.05) is 11.1 Å². The lowest BCUT2D eigenvalue weighted by Crippen LogP contribution is -2.18. The van der Waals surface area contributed by atoms with Gasteiger partial charge in [0.2, 0.25) is 5.91 Å². The first-order valence-corrected chi connectivity index (χ1v) is 9.69. The smallest absolute Gasteiger partial charge is 0.325 e. The van der Waals surface area contributed by atoms with Crippen molar-refractivity contribution in [1.82, 2.24) is 9.78 Å². The molecule has 4 nitrogen and oxygen atoms in total. The topological polar surface area (TPSA) is 46.9 Å². The highest BCUT2D eigenvalue weighted by Crippen LogP contribution is 2.36. The summed E-state index contributed by atoms with van der Waals surface area (Å²) >= 11 is 7.12. The summed E-state index contributed by atoms with van der Waals surface area (Å²) in [5.41, 5.74) is 0.0336. The maximum absolute atomic E-state index is 13.4. The minimum absolute atomic E-state index is 0.0286. The van der Waals surface area contributed by atoms with Crippen molar-refractivity contribution in [1.29, 1.82) is 0 Å². The first-order valence-electron chi connectivity index (χ1n) is 8.16. The van der Waals surface area contributed by atoms with Crippen LogP contribution in [0.4, 0.5) is 18.9 Å². The van der Waals surface area contributed by atoms with Crippen LogP contribution in [0.25, 0.3) is 5.69 Å². The number of rotatable bonds is 6. The van der Waals surface area contributed by atoms with Gasteiger partial charge in [-0.1, -0.05) is 23.7 Å². The Morgan fingerprint density at radius 2 is 1.93 bits per heavy atom. The first-order chi connectivity index (χ1) is 13.3. The van der Waals surface area contributed by atoms with Crippen molar-refractivity contribution in [3.05, 3.63) is 77.1 Å². The summed E-state index contributed by atoms with van der Waals surface area (Å²) in [7, 11) is 0. The fourth-order valence-corrected chi connectivity index (χ4v) is 3.38. The van der Waals surface area contributed by atoms with Crippen LogP contribution in [0.15, 0.2) is 60.9 Å². The zero-order valence-corrected chi connectivity index (χ0v) is 16.0. The van der Waals surface area contributed by atoms with Gasteiger partial charge >= 0.3 is 6.18 Å². The molecule has 0 saturated carbocycles. The number of carbonyl (C=O) groups is 1. The number of nitrogens with zero attached hydrogens (tertiary/aromatic N) is 2. The van der Waals surface area contributed by atoms with Gasteiger partial charge in [0.15, 0.2) is 0 Å². The van der Waals surface area contributed by atoms with Gasteiger partial charge in [0.05, 0.1) is 22.7 Å². The number of hydrogen-bond acceptors (Lipinski definition) is 3. The van der Waals surface area contributed by atoms with E-state index in [0.29, 0.717) is 10.8 Å². The van der Waals surface area contributed by atoms with Gasteiger partial charge in [-0.3, -0.25) is 4.79 Å². The largest absolute Gasteiger partial charge is 0.418 e. The molecule has 0 fully saturated rings. The summed E-state index contributed by atoms with van der Waals surface area (Å²) in [6.45, 7) is 0. The van der Waals surface area contributed by atoms with Crippen LogP contribution >= 0.6 is 23.4 Å². The molecular formula is C19H15ClF3N3OS. The van der Waals surface area contributed by atoms with Crippen LogP contribution in [-0.2, 0) is 16.7 Å². The predicted octanol–water partition coefficient (Wildman–Crippen LogP) is 5.42. The van der Waals surface area contributed by atoms with E-state index < -0.39 is 17.6 Å². The molecule has 1 amide bonds. The molecule has 28 heavy (non-hydrogen) atoms. The molecule has 0 radical (unpaired) electrons. The number of hydrogen-bond donors (Lipinski definition) is 1. The zero-order valence-electron chi connectivity index (χ0n) is 14.4. The molecule has 0 aliphatic carbocycles. The van der Waals surface area contributed by atoms with Crippen molar-refractivity contribution in [3.8, 4) is 5.69 Å². The van der Waals surface area contributed by atoms with E-state index in [1.54, 1.807) is 24.4 Å². The normalized spacial score (nSPS) is 11.4. The Balaban J connectivity index is 1.66. The molecule has 0 aliphatic rings. The van der Waals surface area contributed by atoms with Gasteiger partial charge in [0.1, 0.15) is 0 Å². The van der Waals surface area contributed by atoms with Crippen LogP contribution in [0, 0.1) is 0 Å². The molecule has 0 bridgehead atoms. The monoisotopic (exact) mass is 425 g/mol. The summed E-state index contributed by atoms with van der Waals surface area (Å²) in [6, 6.07) is 12.4. The SMILES string of the molecule is O=C(CSCc1ccc(Cl)cc1)Nc1ccc(-n2cccn2)cc1C(F)(F)F. The second-order valence-electron chi connectivity index (χ2n) is 5.85. The van der Waals surface area contributed by atoms with Gasteiger partial charge in [-0.25, -0.2) is 4.68 Å². The molecule has 146 valence electrons. The lowest BCUT2D eigenvalue weighted by atomic mass is 10.1. The molecule has 0 unspecified atom stereocenters. The van der Waals surface area contributed by atoms with E-state index in [1.807, 2.05) is 12.1 Å². The third kappa shape index (κ3) is 5.30. The molecule has 1 aromatic heterocycles. The number of benzene rings is 2. The van der Waals surface area contributed by atoms with Crippen LogP contribution < -0.4 is 5.32 Å². The fraction of sp³-hybridized carbons (Fsp3) is 0.158. The molecule has 0 saturated heterocycles. The molecular weight excluding hydrogens is 411 g/mol. The number of thioether (sulfide) groups is 1. The molecule has 3 rings (SSSR count). The number of aromatic nitrogens is 2. The van der Waals surface area contributed by atoms with Gasteiger partial charge < -0.3 is 5.32 Å². The second kappa shape index (κ2) is 8.70. The summed E-state index contributed by atoms with van der Waals surface area (Å²) < 4.78 is 41.6. The van der Waals surface area contributed by atoms with E-state index >= 15 is 0 Å². The number of halogens is 4. The molecule has 1 N–H and O–H groups in total. The first kappa shape index (κ1) is 20.3. The third-order valence-electron chi connectivity index (χ3n) is 3.77.